The van der Waals surface area contributed by atoms with Crippen molar-refractivity contribution < 1.29 is 4.79 Å². The van der Waals surface area contributed by atoms with Crippen LogP contribution in [-0.4, -0.2) is 25.0 Å². The lowest BCUT2D eigenvalue weighted by molar-refractivity contribution is 0.0924. The van der Waals surface area contributed by atoms with Crippen LogP contribution in [0.1, 0.15) is 48.5 Å². The molecular weight excluding hydrogens is 236 g/mol. The van der Waals surface area contributed by atoms with Gasteiger partial charge in [-0.05, 0) is 50.8 Å². The second kappa shape index (κ2) is 6.71. The summed E-state index contributed by atoms with van der Waals surface area (Å²) >= 11 is 0. The number of rotatable bonds is 4. The van der Waals surface area contributed by atoms with Crippen molar-refractivity contribution in [3.8, 4) is 0 Å². The topological polar surface area (TPSA) is 41.1 Å². The van der Waals surface area contributed by atoms with Gasteiger partial charge in [-0.3, -0.25) is 4.79 Å². The highest BCUT2D eigenvalue weighted by atomic mass is 16.1. The molecule has 0 radical (unpaired) electrons. The van der Waals surface area contributed by atoms with Crippen LogP contribution in [0.15, 0.2) is 24.3 Å². The molecule has 1 amide bonds. The fourth-order valence-electron chi connectivity index (χ4n) is 2.84. The lowest BCUT2D eigenvalue weighted by atomic mass is 9.91. The summed E-state index contributed by atoms with van der Waals surface area (Å²) < 4.78 is 0. The van der Waals surface area contributed by atoms with Gasteiger partial charge in [-0.25, -0.2) is 0 Å². The Balaban J connectivity index is 1.94. The zero-order valence-corrected chi connectivity index (χ0v) is 11.9. The van der Waals surface area contributed by atoms with Gasteiger partial charge in [0.2, 0.25) is 0 Å². The van der Waals surface area contributed by atoms with Crippen molar-refractivity contribution in [3.05, 3.63) is 35.4 Å². The normalized spacial score (nSPS) is 23.1. The van der Waals surface area contributed by atoms with Crippen LogP contribution >= 0.6 is 0 Å². The van der Waals surface area contributed by atoms with E-state index in [4.69, 9.17) is 0 Å². The first-order valence-corrected chi connectivity index (χ1v) is 7.30. The fourth-order valence-corrected chi connectivity index (χ4v) is 2.84. The average Bonchev–Trinajstić information content (AvgIpc) is 2.48. The Labute approximate surface area is 115 Å². The van der Waals surface area contributed by atoms with Crippen molar-refractivity contribution in [2.24, 2.45) is 0 Å². The molecule has 3 nitrogen and oxygen atoms in total. The van der Waals surface area contributed by atoms with E-state index in [2.05, 4.69) is 17.6 Å². The van der Waals surface area contributed by atoms with Gasteiger partial charge in [0.1, 0.15) is 0 Å². The molecule has 0 heterocycles. The second-order valence-electron chi connectivity index (χ2n) is 5.32. The molecule has 2 N–H and O–H groups in total. The van der Waals surface area contributed by atoms with Crippen LogP contribution in [0.5, 0.6) is 0 Å². The molecule has 1 aliphatic carbocycles. The van der Waals surface area contributed by atoms with Crippen LogP contribution in [0.25, 0.3) is 0 Å². The fraction of sp³-hybridized carbons (Fsp3) is 0.562. The van der Waals surface area contributed by atoms with Crippen LogP contribution in [0.2, 0.25) is 0 Å². The molecule has 0 unspecified atom stereocenters. The van der Waals surface area contributed by atoms with E-state index in [1.54, 1.807) is 0 Å². The Bertz CT molecular complexity index is 423. The minimum Gasteiger partial charge on any atom is -0.349 e. The van der Waals surface area contributed by atoms with Crippen molar-refractivity contribution in [1.29, 1.82) is 0 Å². The minimum absolute atomic E-state index is 0.0883. The Morgan fingerprint density at radius 3 is 2.42 bits per heavy atom. The van der Waals surface area contributed by atoms with Gasteiger partial charge in [0.25, 0.3) is 5.91 Å². The van der Waals surface area contributed by atoms with Crippen molar-refractivity contribution in [2.75, 3.05) is 7.05 Å². The smallest absolute Gasteiger partial charge is 0.251 e. The summed E-state index contributed by atoms with van der Waals surface area (Å²) in [6, 6.07) is 8.85. The molecule has 1 aliphatic rings. The van der Waals surface area contributed by atoms with Crippen LogP contribution in [0.3, 0.4) is 0 Å². The summed E-state index contributed by atoms with van der Waals surface area (Å²) in [6.07, 6.45) is 5.35. The Hall–Kier alpha value is -1.35. The second-order valence-corrected chi connectivity index (χ2v) is 5.32. The number of carbonyl (C=O) groups excluding carboxylic acids is 1. The molecule has 0 atom stereocenters. The van der Waals surface area contributed by atoms with Gasteiger partial charge in [0.15, 0.2) is 0 Å². The molecule has 0 aliphatic heterocycles. The molecule has 2 rings (SSSR count). The monoisotopic (exact) mass is 260 g/mol. The van der Waals surface area contributed by atoms with E-state index >= 15 is 0 Å². The molecule has 3 heteroatoms. The number of benzene rings is 1. The summed E-state index contributed by atoms with van der Waals surface area (Å²) in [4.78, 5) is 12.3. The molecule has 0 spiro atoms. The van der Waals surface area contributed by atoms with Crippen molar-refractivity contribution in [2.45, 2.75) is 51.1 Å². The van der Waals surface area contributed by atoms with Crippen LogP contribution in [0.4, 0.5) is 0 Å². The Kier molecular flexibility index (Phi) is 4.97. The Morgan fingerprint density at radius 1 is 1.16 bits per heavy atom. The summed E-state index contributed by atoms with van der Waals surface area (Å²) in [5, 5.41) is 6.50. The largest absolute Gasteiger partial charge is 0.349 e. The maximum Gasteiger partial charge on any atom is 0.251 e. The number of hydrogen-bond acceptors (Lipinski definition) is 2. The highest BCUT2D eigenvalue weighted by Gasteiger charge is 2.22. The quantitative estimate of drug-likeness (QED) is 0.873. The SMILES string of the molecule is CCc1ccccc1C(=O)NC1CCC(NC)CC1. The van der Waals surface area contributed by atoms with Gasteiger partial charge in [-0.15, -0.1) is 0 Å². The molecule has 1 aromatic carbocycles. The number of amides is 1. The van der Waals surface area contributed by atoms with Gasteiger partial charge < -0.3 is 10.6 Å². The van der Waals surface area contributed by atoms with E-state index in [9.17, 15) is 4.79 Å². The summed E-state index contributed by atoms with van der Waals surface area (Å²) in [7, 11) is 2.01. The molecule has 104 valence electrons. The van der Waals surface area contributed by atoms with Crippen LogP contribution in [0, 0.1) is 0 Å². The molecule has 0 saturated heterocycles. The summed E-state index contributed by atoms with van der Waals surface area (Å²) in [5.41, 5.74) is 1.96. The molecule has 19 heavy (non-hydrogen) atoms. The maximum atomic E-state index is 12.3. The third-order valence-corrected chi connectivity index (χ3v) is 4.11. The van der Waals surface area contributed by atoms with E-state index < -0.39 is 0 Å². The van der Waals surface area contributed by atoms with Crippen LogP contribution in [-0.2, 0) is 6.42 Å². The van der Waals surface area contributed by atoms with Gasteiger partial charge in [-0.1, -0.05) is 25.1 Å². The number of nitrogens with one attached hydrogen (secondary N) is 2. The highest BCUT2D eigenvalue weighted by Crippen LogP contribution is 2.19. The predicted molar refractivity (Wildman–Crippen MR) is 78.4 cm³/mol. The molecule has 0 aromatic heterocycles. The highest BCUT2D eigenvalue weighted by molar-refractivity contribution is 5.95. The zero-order valence-electron chi connectivity index (χ0n) is 11.9. The van der Waals surface area contributed by atoms with Gasteiger partial charge >= 0.3 is 0 Å². The van der Waals surface area contributed by atoms with E-state index in [1.807, 2.05) is 31.3 Å². The maximum absolute atomic E-state index is 12.3. The third-order valence-electron chi connectivity index (χ3n) is 4.11. The van der Waals surface area contributed by atoms with E-state index in [0.717, 1.165) is 43.2 Å². The van der Waals surface area contributed by atoms with E-state index in [1.165, 1.54) is 0 Å². The molecule has 1 fully saturated rings. The van der Waals surface area contributed by atoms with Crippen molar-refractivity contribution >= 4 is 5.91 Å². The van der Waals surface area contributed by atoms with Gasteiger partial charge in [0, 0.05) is 17.6 Å². The van der Waals surface area contributed by atoms with Gasteiger partial charge in [0.05, 0.1) is 0 Å². The third kappa shape index (κ3) is 3.57. The van der Waals surface area contributed by atoms with Crippen molar-refractivity contribution in [3.63, 3.8) is 0 Å². The summed E-state index contributed by atoms with van der Waals surface area (Å²) in [5.74, 6) is 0.0883. The van der Waals surface area contributed by atoms with E-state index in [-0.39, 0.29) is 5.91 Å². The number of aryl methyl sites for hydroxylation is 1. The summed E-state index contributed by atoms with van der Waals surface area (Å²) in [6.45, 7) is 2.09. The Morgan fingerprint density at radius 2 is 1.79 bits per heavy atom. The lowest BCUT2D eigenvalue weighted by Gasteiger charge is -2.29. The average molecular weight is 260 g/mol. The number of carbonyl (C=O) groups is 1. The number of hydrogen-bond donors (Lipinski definition) is 2. The minimum atomic E-state index is 0.0883. The lowest BCUT2D eigenvalue weighted by Crippen LogP contribution is -2.41. The molecule has 0 bridgehead atoms. The molecule has 1 aromatic rings. The van der Waals surface area contributed by atoms with E-state index in [0.29, 0.717) is 12.1 Å². The van der Waals surface area contributed by atoms with Gasteiger partial charge in [-0.2, -0.15) is 0 Å². The van der Waals surface area contributed by atoms with Crippen molar-refractivity contribution in [1.82, 2.24) is 10.6 Å². The predicted octanol–water partition coefficient (Wildman–Crippen LogP) is 2.51. The first-order chi connectivity index (χ1) is 9.24. The molecule has 1 saturated carbocycles. The zero-order chi connectivity index (χ0) is 13.7. The first-order valence-electron chi connectivity index (χ1n) is 7.30. The van der Waals surface area contributed by atoms with Crippen LogP contribution < -0.4 is 10.6 Å². The molecular formula is C16H24N2O. The first kappa shape index (κ1) is 14.1. The standard InChI is InChI=1S/C16H24N2O/c1-3-12-6-4-5-7-15(12)16(19)18-14-10-8-13(17-2)9-11-14/h4-7,13-14,17H,3,8-11H2,1-2H3,(H,18,19).